The lowest BCUT2D eigenvalue weighted by atomic mass is 9.62. The van der Waals surface area contributed by atoms with E-state index in [9.17, 15) is 4.79 Å². The molecule has 2 saturated carbocycles. The van der Waals surface area contributed by atoms with Crippen molar-refractivity contribution in [3.63, 3.8) is 0 Å². The number of methoxy groups -OCH3 is 1. The molecule has 5 heteroatoms. The molecule has 0 aliphatic heterocycles. The molecule has 1 aromatic rings. The number of rotatable bonds is 11. The van der Waals surface area contributed by atoms with E-state index in [2.05, 4.69) is 10.6 Å². The average Bonchev–Trinajstić information content (AvgIpc) is 2.72. The topological polar surface area (TPSA) is 50.4 Å². The maximum atomic E-state index is 12.9. The summed E-state index contributed by atoms with van der Waals surface area (Å²) in [6, 6.07) is 5.88. The lowest BCUT2D eigenvalue weighted by Gasteiger charge is -2.45. The molecule has 0 unspecified atom stereocenters. The summed E-state index contributed by atoms with van der Waals surface area (Å²) in [7, 11) is 1.73. The number of aryl methyl sites for hydroxylation is 1. The van der Waals surface area contributed by atoms with E-state index in [0.717, 1.165) is 51.4 Å². The molecule has 2 N–H and O–H groups in total. The molecule has 0 spiro atoms. The van der Waals surface area contributed by atoms with E-state index in [4.69, 9.17) is 16.3 Å². The van der Waals surface area contributed by atoms with Gasteiger partial charge >= 0.3 is 0 Å². The van der Waals surface area contributed by atoms with Crippen LogP contribution in [0.25, 0.3) is 0 Å². The highest BCUT2D eigenvalue weighted by atomic mass is 35.5. The minimum Gasteiger partial charge on any atom is -0.385 e. The van der Waals surface area contributed by atoms with Gasteiger partial charge in [-0.3, -0.25) is 4.79 Å². The highest BCUT2D eigenvalue weighted by Gasteiger charge is 2.39. The van der Waals surface area contributed by atoms with Gasteiger partial charge in [-0.1, -0.05) is 43.4 Å². The van der Waals surface area contributed by atoms with Gasteiger partial charge in [-0.05, 0) is 80.6 Å². The van der Waals surface area contributed by atoms with Gasteiger partial charge in [0.15, 0.2) is 0 Å². The Morgan fingerprint density at radius 1 is 1.21 bits per heavy atom. The Morgan fingerprint density at radius 3 is 2.72 bits per heavy atom. The van der Waals surface area contributed by atoms with Crippen molar-refractivity contribution in [2.75, 3.05) is 33.4 Å². The van der Waals surface area contributed by atoms with Crippen LogP contribution in [0.4, 0.5) is 0 Å². The lowest BCUT2D eigenvalue weighted by Crippen LogP contribution is -2.43. The van der Waals surface area contributed by atoms with Gasteiger partial charge in [-0.15, -0.1) is 0 Å². The van der Waals surface area contributed by atoms with Gasteiger partial charge in [0.1, 0.15) is 0 Å². The average molecular weight is 421 g/mol. The van der Waals surface area contributed by atoms with Gasteiger partial charge in [0.2, 0.25) is 0 Å². The van der Waals surface area contributed by atoms with Crippen molar-refractivity contribution in [1.29, 1.82) is 0 Å². The summed E-state index contributed by atoms with van der Waals surface area (Å²) >= 11 is 6.36. The Hall–Kier alpha value is -1.10. The van der Waals surface area contributed by atoms with Crippen LogP contribution in [0.2, 0.25) is 5.02 Å². The monoisotopic (exact) mass is 420 g/mol. The standard InChI is InChI=1S/C24H37ClN2O2/c1-29-15-5-14-26-13-4-8-19-9-10-22(25)21(16-19)23(28)27-18-24-11-2-6-20(17-24)7-3-12-24/h9-10,16,20,26H,2-8,11-15,17-18H2,1H3,(H,27,28). The van der Waals surface area contributed by atoms with E-state index in [0.29, 0.717) is 16.0 Å². The second kappa shape index (κ2) is 11.3. The van der Waals surface area contributed by atoms with Gasteiger partial charge in [-0.25, -0.2) is 0 Å². The number of ether oxygens (including phenoxy) is 1. The largest absolute Gasteiger partial charge is 0.385 e. The smallest absolute Gasteiger partial charge is 0.252 e. The zero-order chi connectivity index (χ0) is 20.5. The van der Waals surface area contributed by atoms with Gasteiger partial charge < -0.3 is 15.4 Å². The van der Waals surface area contributed by atoms with Crippen LogP contribution < -0.4 is 10.6 Å². The van der Waals surface area contributed by atoms with Crippen molar-refractivity contribution in [2.45, 2.75) is 64.2 Å². The fourth-order valence-electron chi connectivity index (χ4n) is 5.22. The molecular formula is C24H37ClN2O2. The van der Waals surface area contributed by atoms with Gasteiger partial charge in [-0.2, -0.15) is 0 Å². The van der Waals surface area contributed by atoms with Crippen LogP contribution in [-0.4, -0.2) is 39.3 Å². The molecule has 0 radical (unpaired) electrons. The van der Waals surface area contributed by atoms with Gasteiger partial charge in [0.25, 0.3) is 5.91 Å². The number of carbonyl (C=O) groups is 1. The van der Waals surface area contributed by atoms with Crippen LogP contribution in [0, 0.1) is 11.3 Å². The van der Waals surface area contributed by atoms with E-state index in [1.807, 2.05) is 18.2 Å². The van der Waals surface area contributed by atoms with Crippen molar-refractivity contribution in [2.24, 2.45) is 11.3 Å². The summed E-state index contributed by atoms with van der Waals surface area (Å²) < 4.78 is 5.05. The molecule has 162 valence electrons. The number of hydrogen-bond donors (Lipinski definition) is 2. The molecule has 2 aliphatic rings. The first-order chi connectivity index (χ1) is 14.1. The number of carbonyl (C=O) groups excluding carboxylic acids is 1. The van der Waals surface area contributed by atoms with Gasteiger partial charge in [0, 0.05) is 20.3 Å². The van der Waals surface area contributed by atoms with E-state index >= 15 is 0 Å². The molecule has 1 aromatic carbocycles. The second-order valence-corrected chi connectivity index (χ2v) is 9.46. The quantitative estimate of drug-likeness (QED) is 0.496. The van der Waals surface area contributed by atoms with Crippen molar-refractivity contribution in [3.05, 3.63) is 34.3 Å². The van der Waals surface area contributed by atoms with Crippen molar-refractivity contribution in [3.8, 4) is 0 Å². The SMILES string of the molecule is COCCCNCCCc1ccc(Cl)c(C(=O)NCC23CCCC(CCC2)C3)c1. The Bertz CT molecular complexity index is 654. The number of amides is 1. The van der Waals surface area contributed by atoms with Crippen molar-refractivity contribution < 1.29 is 9.53 Å². The molecule has 3 rings (SSSR count). The number of fused-ring (bicyclic) bond motifs is 2. The Balaban J connectivity index is 1.48. The van der Waals surface area contributed by atoms with Crippen molar-refractivity contribution >= 4 is 17.5 Å². The first-order valence-corrected chi connectivity index (χ1v) is 11.8. The van der Waals surface area contributed by atoms with Crippen LogP contribution >= 0.6 is 11.6 Å². The van der Waals surface area contributed by atoms with Crippen LogP contribution in [0.5, 0.6) is 0 Å². The first kappa shape index (κ1) is 22.6. The second-order valence-electron chi connectivity index (χ2n) is 9.05. The molecule has 2 fully saturated rings. The van der Waals surface area contributed by atoms with Crippen LogP contribution in [0.1, 0.15) is 73.7 Å². The minimum atomic E-state index is -0.0170. The zero-order valence-corrected chi connectivity index (χ0v) is 18.7. The van der Waals surface area contributed by atoms with Gasteiger partial charge in [0.05, 0.1) is 10.6 Å². The van der Waals surface area contributed by atoms with Crippen LogP contribution in [0.3, 0.4) is 0 Å². The highest BCUT2D eigenvalue weighted by Crippen LogP contribution is 2.48. The molecule has 1 amide bonds. The number of halogens is 1. The molecule has 2 bridgehead atoms. The first-order valence-electron chi connectivity index (χ1n) is 11.4. The molecule has 0 saturated heterocycles. The maximum Gasteiger partial charge on any atom is 0.252 e. The van der Waals surface area contributed by atoms with Crippen LogP contribution in [0.15, 0.2) is 18.2 Å². The lowest BCUT2D eigenvalue weighted by molar-refractivity contribution is 0.0682. The molecule has 29 heavy (non-hydrogen) atoms. The van der Waals surface area contributed by atoms with Crippen LogP contribution in [-0.2, 0) is 11.2 Å². The third kappa shape index (κ3) is 6.70. The Kier molecular flexibility index (Phi) is 8.83. The highest BCUT2D eigenvalue weighted by molar-refractivity contribution is 6.33. The predicted molar refractivity (Wildman–Crippen MR) is 120 cm³/mol. The summed E-state index contributed by atoms with van der Waals surface area (Å²) in [4.78, 5) is 12.9. The fourth-order valence-corrected chi connectivity index (χ4v) is 5.42. The Morgan fingerprint density at radius 2 is 1.97 bits per heavy atom. The summed E-state index contributed by atoms with van der Waals surface area (Å²) in [5.41, 5.74) is 2.12. The summed E-state index contributed by atoms with van der Waals surface area (Å²) in [5.74, 6) is 0.862. The normalized spacial score (nSPS) is 23.7. The van der Waals surface area contributed by atoms with E-state index in [1.54, 1.807) is 7.11 Å². The van der Waals surface area contributed by atoms with E-state index in [-0.39, 0.29) is 5.91 Å². The predicted octanol–water partition coefficient (Wildman–Crippen LogP) is 4.99. The molecule has 0 atom stereocenters. The van der Waals surface area contributed by atoms with E-state index in [1.165, 1.54) is 50.5 Å². The minimum absolute atomic E-state index is 0.0170. The molecule has 0 aromatic heterocycles. The number of benzene rings is 1. The van der Waals surface area contributed by atoms with E-state index < -0.39 is 0 Å². The summed E-state index contributed by atoms with van der Waals surface area (Å²) in [6.07, 6.45) is 12.2. The third-order valence-electron chi connectivity index (χ3n) is 6.78. The molecule has 0 heterocycles. The fraction of sp³-hybridized carbons (Fsp3) is 0.708. The molecular weight excluding hydrogens is 384 g/mol. The summed E-state index contributed by atoms with van der Waals surface area (Å²) in [5, 5.41) is 7.21. The maximum absolute atomic E-state index is 12.9. The molecule has 2 aliphatic carbocycles. The number of nitrogens with one attached hydrogen (secondary N) is 2. The molecule has 4 nitrogen and oxygen atoms in total. The number of hydrogen-bond acceptors (Lipinski definition) is 3. The third-order valence-corrected chi connectivity index (χ3v) is 7.11. The Labute approximate surface area is 181 Å². The summed E-state index contributed by atoms with van der Waals surface area (Å²) in [6.45, 7) is 3.54. The zero-order valence-electron chi connectivity index (χ0n) is 17.9. The van der Waals surface area contributed by atoms with Crippen molar-refractivity contribution in [1.82, 2.24) is 10.6 Å².